The fraction of sp³-hybridized carbons (Fsp3) is 0.222. The molecule has 0 aliphatic heterocycles. The third-order valence-corrected chi connectivity index (χ3v) is 2.94. The van der Waals surface area contributed by atoms with Crippen LogP contribution in [0.5, 0.6) is 0 Å². The third-order valence-electron chi connectivity index (χ3n) is 1.45. The van der Waals surface area contributed by atoms with Crippen molar-refractivity contribution in [2.24, 2.45) is 0 Å². The van der Waals surface area contributed by atoms with E-state index in [2.05, 4.69) is 9.44 Å². The molecule has 0 aromatic heterocycles. The van der Waals surface area contributed by atoms with E-state index in [4.69, 9.17) is 28.7 Å². The first-order valence-electron chi connectivity index (χ1n) is 5.68. The van der Waals surface area contributed by atoms with Crippen LogP contribution in [0.1, 0.15) is 6.92 Å². The van der Waals surface area contributed by atoms with Crippen LogP contribution in [0.3, 0.4) is 0 Å². The molecule has 11 nitrogen and oxygen atoms in total. The number of carbonyl (C=O) groups is 1. The van der Waals surface area contributed by atoms with Crippen molar-refractivity contribution >= 4 is 50.1 Å². The van der Waals surface area contributed by atoms with Gasteiger partial charge in [-0.2, -0.15) is 0 Å². The second kappa shape index (κ2) is 13.4. The Kier molecular flexibility index (Phi) is 14.1. The molecule has 1 aromatic carbocycles. The van der Waals surface area contributed by atoms with Crippen LogP contribution < -0.4 is 9.44 Å². The zero-order valence-electron chi connectivity index (χ0n) is 12.5. The van der Waals surface area contributed by atoms with Crippen LogP contribution in [0.15, 0.2) is 29.2 Å². The molecular formula is C9H18N2O9P2S2. The summed E-state index contributed by atoms with van der Waals surface area (Å²) in [6.45, 7) is 1.41. The van der Waals surface area contributed by atoms with Gasteiger partial charge >= 0.3 is 16.5 Å². The molecule has 0 heterocycles. The summed E-state index contributed by atoms with van der Waals surface area (Å²) < 4.78 is 44.4. The summed E-state index contributed by atoms with van der Waals surface area (Å²) in [5.74, 6) is -0.161. The van der Waals surface area contributed by atoms with Crippen LogP contribution >= 0.6 is 28.5 Å². The Morgan fingerprint density at radius 2 is 1.58 bits per heavy atom. The Balaban J connectivity index is 0. The summed E-state index contributed by atoms with van der Waals surface area (Å²) in [5.41, 5.74) is 0.470. The predicted molar refractivity (Wildman–Crippen MR) is 91.5 cm³/mol. The van der Waals surface area contributed by atoms with Crippen LogP contribution in [-0.4, -0.2) is 40.2 Å². The normalized spacial score (nSPS) is 10.2. The first-order valence-corrected chi connectivity index (χ1v) is 11.0. The van der Waals surface area contributed by atoms with Gasteiger partial charge in [0.05, 0.1) is 6.26 Å². The van der Waals surface area contributed by atoms with Gasteiger partial charge in [-0.3, -0.25) is 23.4 Å². The van der Waals surface area contributed by atoms with Crippen molar-refractivity contribution in [3.8, 4) is 0 Å². The highest BCUT2D eigenvalue weighted by Gasteiger charge is 2.03. The summed E-state index contributed by atoms with van der Waals surface area (Å²) in [5, 5.41) is 0. The first-order chi connectivity index (χ1) is 10.8. The van der Waals surface area contributed by atoms with Crippen LogP contribution in [0, 0.1) is 0 Å². The van der Waals surface area contributed by atoms with E-state index in [-0.39, 0.29) is 5.91 Å². The molecule has 0 spiro atoms. The van der Waals surface area contributed by atoms with E-state index in [1.165, 1.54) is 6.92 Å². The van der Waals surface area contributed by atoms with Crippen molar-refractivity contribution in [2.45, 2.75) is 11.8 Å². The van der Waals surface area contributed by atoms with Crippen LogP contribution in [0.4, 0.5) is 5.69 Å². The zero-order chi connectivity index (χ0) is 19.3. The van der Waals surface area contributed by atoms with Gasteiger partial charge in [-0.25, -0.2) is 8.42 Å². The Labute approximate surface area is 144 Å². The van der Waals surface area contributed by atoms with Gasteiger partial charge in [0.1, 0.15) is 0 Å². The van der Waals surface area contributed by atoms with Crippen molar-refractivity contribution in [3.05, 3.63) is 24.3 Å². The highest BCUT2D eigenvalue weighted by Crippen LogP contribution is 2.19. The summed E-state index contributed by atoms with van der Waals surface area (Å²) in [4.78, 5) is 40.1. The molecule has 24 heavy (non-hydrogen) atoms. The quantitative estimate of drug-likeness (QED) is 0.282. The maximum Gasteiger partial charge on any atom is 0.314 e. The number of rotatable bonds is 4. The molecule has 140 valence electrons. The maximum absolute atomic E-state index is 11.0. The number of hydrogen-bond acceptors (Lipinski definition) is 6. The fourth-order valence-electron chi connectivity index (χ4n) is 0.968. The molecule has 0 radical (unpaired) electrons. The fourth-order valence-corrected chi connectivity index (χ4v) is 2.12. The van der Waals surface area contributed by atoms with Crippen LogP contribution in [0.25, 0.3) is 0 Å². The van der Waals surface area contributed by atoms with Crippen molar-refractivity contribution in [2.75, 3.05) is 11.0 Å². The molecule has 0 atom stereocenters. The van der Waals surface area contributed by atoms with Crippen molar-refractivity contribution in [1.29, 1.82) is 0 Å². The second-order valence-electron chi connectivity index (χ2n) is 3.73. The molecule has 6 N–H and O–H groups in total. The Morgan fingerprint density at radius 3 is 1.96 bits per heavy atom. The van der Waals surface area contributed by atoms with Crippen LogP contribution in [-0.2, 0) is 23.9 Å². The first kappa shape index (κ1) is 25.3. The lowest BCUT2D eigenvalue weighted by Gasteiger charge is -2.06. The lowest BCUT2D eigenvalue weighted by molar-refractivity contribution is -0.117. The van der Waals surface area contributed by atoms with Gasteiger partial charge in [-0.15, -0.1) is 0 Å². The summed E-state index contributed by atoms with van der Waals surface area (Å²) in [7, 11) is -9.53. The highest BCUT2D eigenvalue weighted by molar-refractivity contribution is 7.98. The molecule has 15 heteroatoms. The van der Waals surface area contributed by atoms with E-state index in [0.717, 1.165) is 23.1 Å². The SMILES string of the molecule is CC(=O)NSc1cccc(NS(C)(=O)=O)c1.O=[PH](O)O.O=[PH](O)O. The van der Waals surface area contributed by atoms with Gasteiger partial charge in [0.25, 0.3) is 0 Å². The minimum atomic E-state index is -3.27. The van der Waals surface area contributed by atoms with Crippen molar-refractivity contribution in [3.63, 3.8) is 0 Å². The standard InChI is InChI=1S/C9H12N2O3S2.2H3O3P/c1-7(12)10-15-9-5-3-4-8(6-9)11-16(2,13)14;2*1-4(2)3/h3-6,11H,1-2H3,(H,10,12);2*4H,(H2,1,2,3). The molecule has 1 rings (SSSR count). The van der Waals surface area contributed by atoms with Gasteiger partial charge < -0.3 is 19.6 Å². The van der Waals surface area contributed by atoms with E-state index in [9.17, 15) is 13.2 Å². The molecule has 0 unspecified atom stereocenters. The number of hydrogen-bond donors (Lipinski definition) is 6. The van der Waals surface area contributed by atoms with Gasteiger partial charge in [0.2, 0.25) is 15.9 Å². The molecule has 1 amide bonds. The monoisotopic (exact) mass is 424 g/mol. The van der Waals surface area contributed by atoms with Crippen molar-refractivity contribution < 1.29 is 41.9 Å². The lowest BCUT2D eigenvalue weighted by Crippen LogP contribution is -2.11. The maximum atomic E-state index is 11.0. The Bertz CT molecular complexity index is 649. The summed E-state index contributed by atoms with van der Waals surface area (Å²) in [6, 6.07) is 6.76. The van der Waals surface area contributed by atoms with E-state index < -0.39 is 26.5 Å². The van der Waals surface area contributed by atoms with E-state index in [1.54, 1.807) is 24.3 Å². The van der Waals surface area contributed by atoms with Gasteiger partial charge in [-0.05, 0) is 30.1 Å². The number of carbonyl (C=O) groups excluding carboxylic acids is 1. The number of amides is 1. The smallest absolute Gasteiger partial charge is 0.314 e. The number of nitrogens with one attached hydrogen (secondary N) is 2. The number of sulfonamides is 1. The molecule has 0 saturated heterocycles. The summed E-state index contributed by atoms with van der Waals surface area (Å²) >= 11 is 1.13. The highest BCUT2D eigenvalue weighted by atomic mass is 32.2. The minimum absolute atomic E-state index is 0.161. The average molecular weight is 424 g/mol. The third kappa shape index (κ3) is 23.4. The Morgan fingerprint density at radius 1 is 1.12 bits per heavy atom. The number of anilines is 1. The molecular weight excluding hydrogens is 406 g/mol. The molecule has 0 fully saturated rings. The molecule has 0 bridgehead atoms. The molecule has 1 aromatic rings. The second-order valence-corrected chi connectivity index (χ2v) is 7.49. The van der Waals surface area contributed by atoms with Gasteiger partial charge in [0.15, 0.2) is 0 Å². The van der Waals surface area contributed by atoms with Crippen molar-refractivity contribution in [1.82, 2.24) is 4.72 Å². The van der Waals surface area contributed by atoms with E-state index in [0.29, 0.717) is 5.69 Å². The topological polar surface area (TPSA) is 190 Å². The minimum Gasteiger partial charge on any atom is -0.326 e. The largest absolute Gasteiger partial charge is 0.326 e. The van der Waals surface area contributed by atoms with E-state index in [1.807, 2.05) is 0 Å². The number of benzene rings is 1. The van der Waals surface area contributed by atoms with E-state index >= 15 is 0 Å². The average Bonchev–Trinajstić information content (AvgIpc) is 2.33. The molecule has 0 saturated carbocycles. The molecule has 0 aliphatic carbocycles. The Hall–Kier alpha value is -0.910. The van der Waals surface area contributed by atoms with Gasteiger partial charge in [0, 0.05) is 17.5 Å². The lowest BCUT2D eigenvalue weighted by atomic mass is 10.3. The van der Waals surface area contributed by atoms with Gasteiger partial charge in [-0.1, -0.05) is 6.07 Å². The summed E-state index contributed by atoms with van der Waals surface area (Å²) in [6.07, 6.45) is 1.08. The van der Waals surface area contributed by atoms with Crippen LogP contribution in [0.2, 0.25) is 0 Å². The zero-order valence-corrected chi connectivity index (χ0v) is 16.1. The predicted octanol–water partition coefficient (Wildman–Crippen LogP) is -0.0773. The molecule has 0 aliphatic rings.